The summed E-state index contributed by atoms with van der Waals surface area (Å²) in [5, 5.41) is 0. The Labute approximate surface area is 124 Å². The zero-order valence-corrected chi connectivity index (χ0v) is 13.6. The number of aryl methyl sites for hydroxylation is 2. The second-order valence-electron chi connectivity index (χ2n) is 4.05. The molecular formula is C18H30N2. The van der Waals surface area contributed by atoms with Gasteiger partial charge in [0.15, 0.2) is 0 Å². The molecule has 0 aliphatic carbocycles. The van der Waals surface area contributed by atoms with Crippen molar-refractivity contribution < 1.29 is 0 Å². The number of hydrogen-bond acceptors (Lipinski definition) is 2. The highest BCUT2D eigenvalue weighted by Crippen LogP contribution is 2.09. The van der Waals surface area contributed by atoms with E-state index in [4.69, 9.17) is 11.5 Å². The van der Waals surface area contributed by atoms with Gasteiger partial charge in [-0.15, -0.1) is 0 Å². The largest absolute Gasteiger partial charge is 0.399 e. The zero-order valence-electron chi connectivity index (χ0n) is 13.6. The lowest BCUT2D eigenvalue weighted by molar-refractivity contribution is 1.22. The summed E-state index contributed by atoms with van der Waals surface area (Å²) in [6.45, 7) is 13.7. The van der Waals surface area contributed by atoms with E-state index in [1.165, 1.54) is 11.1 Å². The van der Waals surface area contributed by atoms with E-state index in [1.807, 2.05) is 50.3 Å². The van der Waals surface area contributed by atoms with E-state index >= 15 is 0 Å². The number of anilines is 1. The van der Waals surface area contributed by atoms with Crippen LogP contribution in [0.3, 0.4) is 0 Å². The van der Waals surface area contributed by atoms with Gasteiger partial charge >= 0.3 is 0 Å². The fourth-order valence-electron chi connectivity index (χ4n) is 1.15. The lowest BCUT2D eigenvalue weighted by atomic mass is 10.1. The van der Waals surface area contributed by atoms with Crippen LogP contribution in [0, 0.1) is 13.8 Å². The van der Waals surface area contributed by atoms with Gasteiger partial charge in [0.25, 0.3) is 0 Å². The second kappa shape index (κ2) is 13.5. The number of nitrogen functional groups attached to an aromatic ring is 1. The summed E-state index contributed by atoms with van der Waals surface area (Å²) < 4.78 is 0. The van der Waals surface area contributed by atoms with E-state index in [0.29, 0.717) is 5.70 Å². The summed E-state index contributed by atoms with van der Waals surface area (Å²) in [7, 11) is 0. The third kappa shape index (κ3) is 11.1. The molecule has 112 valence electrons. The Kier molecular flexibility index (Phi) is 13.7. The molecule has 0 heterocycles. The Hall–Kier alpha value is -1.96. The maximum absolute atomic E-state index is 5.53. The van der Waals surface area contributed by atoms with Crippen molar-refractivity contribution in [1.82, 2.24) is 0 Å². The Bertz CT molecular complexity index is 429. The van der Waals surface area contributed by atoms with Crippen LogP contribution in [0.1, 0.15) is 38.3 Å². The van der Waals surface area contributed by atoms with Crippen molar-refractivity contribution in [2.24, 2.45) is 5.73 Å². The molecule has 0 aliphatic heterocycles. The summed E-state index contributed by atoms with van der Waals surface area (Å²) in [6, 6.07) is 5.93. The van der Waals surface area contributed by atoms with E-state index in [1.54, 1.807) is 6.08 Å². The minimum absolute atomic E-state index is 0.708. The van der Waals surface area contributed by atoms with Crippen LogP contribution in [0.25, 0.3) is 0 Å². The second-order valence-corrected chi connectivity index (χ2v) is 4.05. The normalized spacial score (nSPS) is 10.2. The fourth-order valence-corrected chi connectivity index (χ4v) is 1.15. The van der Waals surface area contributed by atoms with Crippen molar-refractivity contribution in [3.63, 3.8) is 0 Å². The van der Waals surface area contributed by atoms with E-state index in [9.17, 15) is 0 Å². The first-order valence-electron chi connectivity index (χ1n) is 7.08. The van der Waals surface area contributed by atoms with Gasteiger partial charge in [-0.05, 0) is 55.7 Å². The van der Waals surface area contributed by atoms with Gasteiger partial charge in [0.05, 0.1) is 0 Å². The van der Waals surface area contributed by atoms with Crippen molar-refractivity contribution in [3.8, 4) is 0 Å². The molecule has 0 saturated carbocycles. The van der Waals surface area contributed by atoms with Crippen LogP contribution >= 0.6 is 0 Å². The Morgan fingerprint density at radius 1 is 1.20 bits per heavy atom. The fraction of sp³-hybridized carbons (Fsp3) is 0.333. The molecule has 0 amide bonds. The summed E-state index contributed by atoms with van der Waals surface area (Å²) in [5.41, 5.74) is 15.0. The molecule has 0 radical (unpaired) electrons. The van der Waals surface area contributed by atoms with Crippen LogP contribution in [-0.4, -0.2) is 0 Å². The smallest absolute Gasteiger partial charge is 0.0316 e. The highest BCUT2D eigenvalue weighted by atomic mass is 14.5. The molecule has 4 N–H and O–H groups in total. The number of benzene rings is 1. The Morgan fingerprint density at radius 3 is 2.20 bits per heavy atom. The average Bonchev–Trinajstić information content (AvgIpc) is 2.46. The lowest BCUT2D eigenvalue weighted by Crippen LogP contribution is -1.89. The van der Waals surface area contributed by atoms with Gasteiger partial charge < -0.3 is 11.5 Å². The van der Waals surface area contributed by atoms with E-state index in [2.05, 4.69) is 27.4 Å². The SMILES string of the molecule is C=C/C(N)=C\C=C/CC.CC.Cc1ccc(N)cc1C. The maximum atomic E-state index is 5.53. The van der Waals surface area contributed by atoms with Crippen molar-refractivity contribution in [2.45, 2.75) is 41.0 Å². The number of nitrogens with two attached hydrogens (primary N) is 2. The molecule has 2 nitrogen and oxygen atoms in total. The Balaban J connectivity index is 0. The molecule has 0 spiro atoms. The van der Waals surface area contributed by atoms with Crippen molar-refractivity contribution in [3.05, 3.63) is 65.9 Å². The molecule has 0 fully saturated rings. The van der Waals surface area contributed by atoms with Gasteiger partial charge in [-0.3, -0.25) is 0 Å². The minimum Gasteiger partial charge on any atom is -0.399 e. The van der Waals surface area contributed by atoms with Gasteiger partial charge in [-0.1, -0.05) is 45.6 Å². The van der Waals surface area contributed by atoms with E-state index < -0.39 is 0 Å². The first kappa shape index (κ1) is 20.4. The zero-order chi connectivity index (χ0) is 16.0. The number of hydrogen-bond donors (Lipinski definition) is 2. The van der Waals surface area contributed by atoms with Crippen LogP contribution in [0.5, 0.6) is 0 Å². The third-order valence-electron chi connectivity index (χ3n) is 2.43. The van der Waals surface area contributed by atoms with Crippen LogP contribution in [-0.2, 0) is 0 Å². The predicted octanol–water partition coefficient (Wildman–Crippen LogP) is 4.89. The van der Waals surface area contributed by atoms with Gasteiger partial charge in [-0.2, -0.15) is 0 Å². The highest BCUT2D eigenvalue weighted by Gasteiger charge is 1.89. The van der Waals surface area contributed by atoms with E-state index in [0.717, 1.165) is 12.1 Å². The summed E-state index contributed by atoms with van der Waals surface area (Å²) in [4.78, 5) is 0. The molecule has 0 atom stereocenters. The van der Waals surface area contributed by atoms with E-state index in [-0.39, 0.29) is 0 Å². The van der Waals surface area contributed by atoms with Crippen molar-refractivity contribution >= 4 is 5.69 Å². The van der Waals surface area contributed by atoms with Crippen molar-refractivity contribution in [2.75, 3.05) is 5.73 Å². The molecule has 0 bridgehead atoms. The molecule has 0 unspecified atom stereocenters. The monoisotopic (exact) mass is 274 g/mol. The molecule has 0 aliphatic rings. The first-order chi connectivity index (χ1) is 9.51. The molecule has 0 aromatic heterocycles. The van der Waals surface area contributed by atoms with Gasteiger partial charge in [0.2, 0.25) is 0 Å². The van der Waals surface area contributed by atoms with Crippen LogP contribution in [0.2, 0.25) is 0 Å². The predicted molar refractivity (Wildman–Crippen MR) is 93.6 cm³/mol. The minimum atomic E-state index is 0.708. The lowest BCUT2D eigenvalue weighted by Gasteiger charge is -1.98. The molecular weight excluding hydrogens is 244 g/mol. The van der Waals surface area contributed by atoms with Crippen LogP contribution < -0.4 is 11.5 Å². The summed E-state index contributed by atoms with van der Waals surface area (Å²) in [6.07, 6.45) is 8.46. The van der Waals surface area contributed by atoms with Crippen LogP contribution in [0.4, 0.5) is 5.69 Å². The summed E-state index contributed by atoms with van der Waals surface area (Å²) in [5.74, 6) is 0. The molecule has 0 saturated heterocycles. The maximum Gasteiger partial charge on any atom is 0.0316 e. The molecule has 1 rings (SSSR count). The first-order valence-corrected chi connectivity index (χ1v) is 7.08. The summed E-state index contributed by atoms with van der Waals surface area (Å²) >= 11 is 0. The molecule has 1 aromatic rings. The van der Waals surface area contributed by atoms with Gasteiger partial charge in [0.1, 0.15) is 0 Å². The van der Waals surface area contributed by atoms with Crippen LogP contribution in [0.15, 0.2) is 54.8 Å². The standard InChI is InChI=1S/C8H11N.C8H13N.C2H6/c1-6-3-4-8(9)5-7(6)2;1-3-5-6-7-8(9)4-2;1-2/h3-5H,9H2,1-2H3;4-7H,2-3,9H2,1H3;1-2H3/b;6-5-,8-7+;. The molecule has 1 aromatic carbocycles. The number of allylic oxidation sites excluding steroid dienone is 4. The Morgan fingerprint density at radius 2 is 1.80 bits per heavy atom. The third-order valence-corrected chi connectivity index (χ3v) is 2.43. The molecule has 2 heteroatoms. The molecule has 20 heavy (non-hydrogen) atoms. The van der Waals surface area contributed by atoms with Crippen molar-refractivity contribution in [1.29, 1.82) is 0 Å². The average molecular weight is 274 g/mol. The quantitative estimate of drug-likeness (QED) is 0.609. The highest BCUT2D eigenvalue weighted by molar-refractivity contribution is 5.43. The number of rotatable bonds is 3. The van der Waals surface area contributed by atoms with Gasteiger partial charge in [0, 0.05) is 11.4 Å². The van der Waals surface area contributed by atoms with Gasteiger partial charge in [-0.25, -0.2) is 0 Å². The topological polar surface area (TPSA) is 52.0 Å².